The molecule has 3 nitrogen and oxygen atoms in total. The number of morpholine rings is 1. The monoisotopic (exact) mass is 282 g/mol. The summed E-state index contributed by atoms with van der Waals surface area (Å²) in [7, 11) is 0. The van der Waals surface area contributed by atoms with Gasteiger partial charge in [0, 0.05) is 18.6 Å². The van der Waals surface area contributed by atoms with E-state index in [0.717, 1.165) is 25.6 Å². The molecule has 1 heterocycles. The van der Waals surface area contributed by atoms with Gasteiger partial charge in [0.05, 0.1) is 12.7 Å². The van der Waals surface area contributed by atoms with E-state index in [2.05, 4.69) is 31.0 Å². The van der Waals surface area contributed by atoms with Crippen LogP contribution in [0.4, 0.5) is 0 Å². The van der Waals surface area contributed by atoms with E-state index in [1.54, 1.807) is 0 Å². The highest BCUT2D eigenvalue weighted by molar-refractivity contribution is 4.89. The zero-order valence-electron chi connectivity index (χ0n) is 13.7. The maximum Gasteiger partial charge on any atom is 0.0731 e. The minimum Gasteiger partial charge on any atom is -0.375 e. The molecular weight excluding hydrogens is 248 g/mol. The Morgan fingerprint density at radius 2 is 2.00 bits per heavy atom. The number of hydrogen-bond acceptors (Lipinski definition) is 3. The molecule has 3 atom stereocenters. The second-order valence-electron chi connectivity index (χ2n) is 7.09. The number of rotatable bonds is 7. The third-order valence-electron chi connectivity index (χ3n) is 4.87. The SMILES string of the molecule is CC(C)CNCCCC(C)N1CCOC2CCCCC21. The first-order chi connectivity index (χ1) is 9.68. The number of nitrogens with zero attached hydrogens (tertiary/aromatic N) is 1. The maximum absolute atomic E-state index is 5.98. The van der Waals surface area contributed by atoms with Gasteiger partial charge in [-0.15, -0.1) is 0 Å². The first-order valence-electron chi connectivity index (χ1n) is 8.76. The van der Waals surface area contributed by atoms with Gasteiger partial charge in [-0.1, -0.05) is 26.7 Å². The minimum absolute atomic E-state index is 0.527. The normalized spacial score (nSPS) is 29.4. The van der Waals surface area contributed by atoms with Crippen molar-refractivity contribution in [3.63, 3.8) is 0 Å². The molecule has 1 aliphatic heterocycles. The van der Waals surface area contributed by atoms with Gasteiger partial charge in [-0.05, 0) is 51.6 Å². The summed E-state index contributed by atoms with van der Waals surface area (Å²) >= 11 is 0. The van der Waals surface area contributed by atoms with Crippen LogP contribution >= 0.6 is 0 Å². The fraction of sp³-hybridized carbons (Fsp3) is 1.00. The van der Waals surface area contributed by atoms with Gasteiger partial charge in [0.15, 0.2) is 0 Å². The lowest BCUT2D eigenvalue weighted by Gasteiger charge is -2.46. The zero-order valence-corrected chi connectivity index (χ0v) is 13.7. The topological polar surface area (TPSA) is 24.5 Å². The Kier molecular flexibility index (Phi) is 6.79. The Hall–Kier alpha value is -0.120. The van der Waals surface area contributed by atoms with Crippen LogP contribution in [0.3, 0.4) is 0 Å². The smallest absolute Gasteiger partial charge is 0.0731 e. The van der Waals surface area contributed by atoms with Gasteiger partial charge in [0.1, 0.15) is 0 Å². The first kappa shape index (κ1) is 16.3. The van der Waals surface area contributed by atoms with Crippen LogP contribution in [0.15, 0.2) is 0 Å². The molecule has 1 saturated heterocycles. The summed E-state index contributed by atoms with van der Waals surface area (Å²) in [4.78, 5) is 2.75. The molecule has 0 radical (unpaired) electrons. The molecule has 1 N–H and O–H groups in total. The van der Waals surface area contributed by atoms with Crippen LogP contribution in [0.25, 0.3) is 0 Å². The Morgan fingerprint density at radius 3 is 2.80 bits per heavy atom. The second kappa shape index (κ2) is 8.35. The van der Waals surface area contributed by atoms with E-state index in [9.17, 15) is 0 Å². The number of hydrogen-bond donors (Lipinski definition) is 1. The molecule has 2 rings (SSSR count). The maximum atomic E-state index is 5.98. The van der Waals surface area contributed by atoms with Crippen molar-refractivity contribution in [1.29, 1.82) is 0 Å². The molecule has 0 aromatic carbocycles. The lowest BCUT2D eigenvalue weighted by molar-refractivity contribution is -0.101. The van der Waals surface area contributed by atoms with Gasteiger partial charge in [0.2, 0.25) is 0 Å². The lowest BCUT2D eigenvalue weighted by atomic mass is 9.89. The Bertz CT molecular complexity index is 268. The van der Waals surface area contributed by atoms with Crippen LogP contribution < -0.4 is 5.32 Å². The van der Waals surface area contributed by atoms with Gasteiger partial charge in [0.25, 0.3) is 0 Å². The molecule has 0 spiro atoms. The van der Waals surface area contributed by atoms with Crippen LogP contribution in [0, 0.1) is 5.92 Å². The van der Waals surface area contributed by atoms with Gasteiger partial charge < -0.3 is 10.1 Å². The highest BCUT2D eigenvalue weighted by atomic mass is 16.5. The molecule has 118 valence electrons. The molecule has 3 heteroatoms. The summed E-state index contributed by atoms with van der Waals surface area (Å²) in [5.74, 6) is 0.759. The van der Waals surface area contributed by atoms with Crippen LogP contribution in [0.5, 0.6) is 0 Å². The van der Waals surface area contributed by atoms with Crippen LogP contribution in [0.1, 0.15) is 59.3 Å². The Morgan fingerprint density at radius 1 is 1.20 bits per heavy atom. The summed E-state index contributed by atoms with van der Waals surface area (Å²) < 4.78 is 5.98. The van der Waals surface area contributed by atoms with E-state index in [4.69, 9.17) is 4.74 Å². The minimum atomic E-state index is 0.527. The van der Waals surface area contributed by atoms with Crippen LogP contribution in [0.2, 0.25) is 0 Å². The zero-order chi connectivity index (χ0) is 14.4. The van der Waals surface area contributed by atoms with E-state index in [0.29, 0.717) is 18.2 Å². The predicted molar refractivity (Wildman–Crippen MR) is 85.1 cm³/mol. The standard InChI is InChI=1S/C17H34N2O/c1-14(2)13-18-10-6-7-15(3)19-11-12-20-17-9-5-4-8-16(17)19/h14-18H,4-13H2,1-3H3. The van der Waals surface area contributed by atoms with Gasteiger partial charge in [-0.3, -0.25) is 4.90 Å². The fourth-order valence-corrected chi connectivity index (χ4v) is 3.75. The van der Waals surface area contributed by atoms with Crippen molar-refractivity contribution >= 4 is 0 Å². The van der Waals surface area contributed by atoms with Crippen molar-refractivity contribution in [2.24, 2.45) is 5.92 Å². The van der Waals surface area contributed by atoms with E-state index in [1.165, 1.54) is 45.1 Å². The van der Waals surface area contributed by atoms with E-state index in [-0.39, 0.29) is 0 Å². The summed E-state index contributed by atoms with van der Waals surface area (Å²) in [5.41, 5.74) is 0. The van der Waals surface area contributed by atoms with Crippen molar-refractivity contribution < 1.29 is 4.74 Å². The molecule has 2 aliphatic rings. The van der Waals surface area contributed by atoms with Gasteiger partial charge in [-0.2, -0.15) is 0 Å². The van der Waals surface area contributed by atoms with Crippen molar-refractivity contribution in [3.05, 3.63) is 0 Å². The highest BCUT2D eigenvalue weighted by Crippen LogP contribution is 2.30. The van der Waals surface area contributed by atoms with Gasteiger partial charge >= 0.3 is 0 Å². The number of ether oxygens (including phenoxy) is 1. The molecule has 20 heavy (non-hydrogen) atoms. The summed E-state index contributed by atoms with van der Waals surface area (Å²) in [6.45, 7) is 11.4. The molecule has 0 bridgehead atoms. The van der Waals surface area contributed by atoms with Crippen LogP contribution in [-0.2, 0) is 4.74 Å². The Labute approximate surface area is 125 Å². The van der Waals surface area contributed by atoms with Crippen molar-refractivity contribution in [2.75, 3.05) is 26.2 Å². The number of nitrogens with one attached hydrogen (secondary N) is 1. The quantitative estimate of drug-likeness (QED) is 0.726. The summed E-state index contributed by atoms with van der Waals surface area (Å²) in [6.07, 6.45) is 8.52. The third-order valence-corrected chi connectivity index (χ3v) is 4.87. The average Bonchev–Trinajstić information content (AvgIpc) is 2.45. The average molecular weight is 282 g/mol. The largest absolute Gasteiger partial charge is 0.375 e. The van der Waals surface area contributed by atoms with Crippen molar-refractivity contribution in [2.45, 2.75) is 77.5 Å². The first-order valence-corrected chi connectivity index (χ1v) is 8.76. The summed E-state index contributed by atoms with van der Waals surface area (Å²) in [6, 6.07) is 1.42. The highest BCUT2D eigenvalue weighted by Gasteiger charge is 2.35. The second-order valence-corrected chi connectivity index (χ2v) is 7.09. The molecule has 2 fully saturated rings. The van der Waals surface area contributed by atoms with E-state index >= 15 is 0 Å². The molecular formula is C17H34N2O. The van der Waals surface area contributed by atoms with Crippen molar-refractivity contribution in [1.82, 2.24) is 10.2 Å². The molecule has 3 unspecified atom stereocenters. The predicted octanol–water partition coefficient (Wildman–Crippen LogP) is 3.04. The van der Waals surface area contributed by atoms with Crippen molar-refractivity contribution in [3.8, 4) is 0 Å². The molecule has 0 aromatic rings. The Balaban J connectivity index is 1.69. The molecule has 0 aromatic heterocycles. The molecule has 0 amide bonds. The lowest BCUT2D eigenvalue weighted by Crippen LogP contribution is -2.55. The molecule has 1 saturated carbocycles. The molecule has 1 aliphatic carbocycles. The summed E-state index contributed by atoms with van der Waals surface area (Å²) in [5, 5.41) is 3.56. The fourth-order valence-electron chi connectivity index (χ4n) is 3.75. The van der Waals surface area contributed by atoms with E-state index in [1.807, 2.05) is 0 Å². The van der Waals surface area contributed by atoms with Gasteiger partial charge in [-0.25, -0.2) is 0 Å². The van der Waals surface area contributed by atoms with E-state index < -0.39 is 0 Å². The third kappa shape index (κ3) is 4.71. The number of fused-ring (bicyclic) bond motifs is 1. The van der Waals surface area contributed by atoms with Crippen LogP contribution in [-0.4, -0.2) is 49.3 Å².